The molecule has 0 unspecified atom stereocenters. The summed E-state index contributed by atoms with van der Waals surface area (Å²) in [7, 11) is 1.60. The van der Waals surface area contributed by atoms with E-state index in [1.807, 2.05) is 5.38 Å². The molecule has 0 aliphatic rings. The molecule has 0 radical (unpaired) electrons. The molecule has 1 aromatic heterocycles. The Hall–Kier alpha value is -2.48. The van der Waals surface area contributed by atoms with E-state index in [0.717, 1.165) is 5.69 Å². The SMILES string of the molecule is CN(Cc1cscn1)C(=O)c1cccc([N+](=O)[O-])c1N. The first-order chi connectivity index (χ1) is 9.50. The van der Waals surface area contributed by atoms with Gasteiger partial charge in [0.15, 0.2) is 0 Å². The number of nitrogens with two attached hydrogens (primary N) is 1. The number of amides is 1. The Kier molecular flexibility index (Phi) is 3.94. The number of nitrogens with zero attached hydrogens (tertiary/aromatic N) is 3. The highest BCUT2D eigenvalue weighted by Gasteiger charge is 2.21. The highest BCUT2D eigenvalue weighted by molar-refractivity contribution is 7.07. The number of carbonyl (C=O) groups is 1. The van der Waals surface area contributed by atoms with Crippen LogP contribution in [-0.4, -0.2) is 27.8 Å². The summed E-state index contributed by atoms with van der Waals surface area (Å²) in [6, 6.07) is 4.19. The van der Waals surface area contributed by atoms with Gasteiger partial charge >= 0.3 is 0 Å². The monoisotopic (exact) mass is 292 g/mol. The topological polar surface area (TPSA) is 102 Å². The van der Waals surface area contributed by atoms with E-state index in [-0.39, 0.29) is 22.8 Å². The number of benzene rings is 1. The Morgan fingerprint density at radius 3 is 2.90 bits per heavy atom. The van der Waals surface area contributed by atoms with Gasteiger partial charge in [-0.2, -0.15) is 0 Å². The molecule has 104 valence electrons. The maximum Gasteiger partial charge on any atom is 0.292 e. The zero-order valence-electron chi connectivity index (χ0n) is 10.6. The molecule has 0 fully saturated rings. The second kappa shape index (κ2) is 5.66. The van der Waals surface area contributed by atoms with Crippen LogP contribution in [0.15, 0.2) is 29.1 Å². The van der Waals surface area contributed by atoms with Crippen LogP contribution in [0.2, 0.25) is 0 Å². The number of nitro benzene ring substituents is 1. The van der Waals surface area contributed by atoms with E-state index in [1.54, 1.807) is 12.6 Å². The van der Waals surface area contributed by atoms with Gasteiger partial charge in [0, 0.05) is 18.5 Å². The van der Waals surface area contributed by atoms with E-state index in [1.165, 1.54) is 34.4 Å². The third kappa shape index (κ3) is 2.75. The molecule has 0 aliphatic heterocycles. The molecule has 20 heavy (non-hydrogen) atoms. The number of anilines is 1. The average molecular weight is 292 g/mol. The van der Waals surface area contributed by atoms with E-state index >= 15 is 0 Å². The van der Waals surface area contributed by atoms with Crippen molar-refractivity contribution < 1.29 is 9.72 Å². The first kappa shape index (κ1) is 13.9. The summed E-state index contributed by atoms with van der Waals surface area (Å²) in [5.41, 5.74) is 7.87. The maximum absolute atomic E-state index is 12.3. The standard InChI is InChI=1S/C12H12N4O3S/c1-15(5-8-6-20-7-14-8)12(17)9-3-2-4-10(11(9)13)16(18)19/h2-4,6-7H,5,13H2,1H3. The Labute approximate surface area is 118 Å². The molecular formula is C12H12N4O3S. The number of nitrogen functional groups attached to an aromatic ring is 1. The summed E-state index contributed by atoms with van der Waals surface area (Å²) in [6.07, 6.45) is 0. The van der Waals surface area contributed by atoms with Crippen LogP contribution in [0.4, 0.5) is 11.4 Å². The van der Waals surface area contributed by atoms with Crippen LogP contribution in [0.1, 0.15) is 16.1 Å². The molecular weight excluding hydrogens is 280 g/mol. The van der Waals surface area contributed by atoms with Gasteiger partial charge < -0.3 is 10.6 Å². The summed E-state index contributed by atoms with van der Waals surface area (Å²) < 4.78 is 0. The second-order valence-electron chi connectivity index (χ2n) is 4.14. The molecule has 8 heteroatoms. The molecule has 0 saturated heterocycles. The third-order valence-corrected chi connectivity index (χ3v) is 3.37. The van der Waals surface area contributed by atoms with Crippen molar-refractivity contribution in [1.29, 1.82) is 0 Å². The number of para-hydroxylation sites is 1. The molecule has 0 saturated carbocycles. The van der Waals surface area contributed by atoms with Crippen molar-refractivity contribution in [3.05, 3.63) is 50.5 Å². The number of nitro groups is 1. The largest absolute Gasteiger partial charge is 0.393 e. The van der Waals surface area contributed by atoms with Crippen LogP contribution in [0.5, 0.6) is 0 Å². The van der Waals surface area contributed by atoms with E-state index < -0.39 is 4.92 Å². The minimum Gasteiger partial charge on any atom is -0.393 e. The molecule has 1 aromatic carbocycles. The summed E-state index contributed by atoms with van der Waals surface area (Å²) in [5, 5.41) is 12.6. The van der Waals surface area contributed by atoms with Crippen molar-refractivity contribution in [2.45, 2.75) is 6.54 Å². The van der Waals surface area contributed by atoms with Gasteiger partial charge in [0.05, 0.1) is 28.2 Å². The predicted octanol–water partition coefficient (Wildman–Crippen LogP) is 1.91. The quantitative estimate of drug-likeness (QED) is 0.526. The van der Waals surface area contributed by atoms with Crippen LogP contribution < -0.4 is 5.73 Å². The molecule has 2 rings (SSSR count). The van der Waals surface area contributed by atoms with Crippen molar-refractivity contribution in [3.8, 4) is 0 Å². The zero-order valence-corrected chi connectivity index (χ0v) is 11.5. The number of rotatable bonds is 4. The number of aromatic nitrogens is 1. The lowest BCUT2D eigenvalue weighted by molar-refractivity contribution is -0.383. The van der Waals surface area contributed by atoms with E-state index in [2.05, 4.69) is 4.98 Å². The van der Waals surface area contributed by atoms with Crippen molar-refractivity contribution >= 4 is 28.6 Å². The van der Waals surface area contributed by atoms with Gasteiger partial charge in [-0.3, -0.25) is 14.9 Å². The third-order valence-electron chi connectivity index (χ3n) is 2.74. The molecule has 0 bridgehead atoms. The van der Waals surface area contributed by atoms with E-state index in [0.29, 0.717) is 6.54 Å². The lowest BCUT2D eigenvalue weighted by Crippen LogP contribution is -2.27. The number of hydrogen-bond donors (Lipinski definition) is 1. The van der Waals surface area contributed by atoms with Gasteiger partial charge in [0.2, 0.25) is 0 Å². The molecule has 0 spiro atoms. The van der Waals surface area contributed by atoms with E-state index in [9.17, 15) is 14.9 Å². The van der Waals surface area contributed by atoms with Crippen LogP contribution in [0.25, 0.3) is 0 Å². The van der Waals surface area contributed by atoms with E-state index in [4.69, 9.17) is 5.73 Å². The molecule has 2 N–H and O–H groups in total. The summed E-state index contributed by atoms with van der Waals surface area (Å²) >= 11 is 1.44. The fourth-order valence-corrected chi connectivity index (χ4v) is 2.28. The summed E-state index contributed by atoms with van der Waals surface area (Å²) in [4.78, 5) is 28.0. The minimum atomic E-state index is -0.605. The molecule has 0 atom stereocenters. The van der Waals surface area contributed by atoms with Gasteiger partial charge in [-0.15, -0.1) is 11.3 Å². The lowest BCUT2D eigenvalue weighted by atomic mass is 10.1. The highest BCUT2D eigenvalue weighted by atomic mass is 32.1. The van der Waals surface area contributed by atoms with Gasteiger partial charge in [-0.25, -0.2) is 4.98 Å². The van der Waals surface area contributed by atoms with Gasteiger partial charge in [-0.05, 0) is 6.07 Å². The first-order valence-corrected chi connectivity index (χ1v) is 6.60. The normalized spacial score (nSPS) is 10.2. The number of carbonyl (C=O) groups excluding carboxylic acids is 1. The summed E-state index contributed by atoms with van der Waals surface area (Å²) in [5.74, 6) is -0.376. The minimum absolute atomic E-state index is 0.118. The fourth-order valence-electron chi connectivity index (χ4n) is 1.73. The maximum atomic E-state index is 12.3. The molecule has 1 heterocycles. The molecule has 0 aliphatic carbocycles. The van der Waals surface area contributed by atoms with Crippen LogP contribution in [0.3, 0.4) is 0 Å². The van der Waals surface area contributed by atoms with Crippen molar-refractivity contribution in [1.82, 2.24) is 9.88 Å². The Morgan fingerprint density at radius 1 is 1.55 bits per heavy atom. The number of thiazole rings is 1. The van der Waals surface area contributed by atoms with Gasteiger partial charge in [0.25, 0.3) is 11.6 Å². The first-order valence-electron chi connectivity index (χ1n) is 5.66. The molecule has 7 nitrogen and oxygen atoms in total. The molecule has 2 aromatic rings. The predicted molar refractivity (Wildman–Crippen MR) is 75.4 cm³/mol. The smallest absolute Gasteiger partial charge is 0.292 e. The van der Waals surface area contributed by atoms with Gasteiger partial charge in [0.1, 0.15) is 5.69 Å². The Morgan fingerprint density at radius 2 is 2.30 bits per heavy atom. The van der Waals surface area contributed by atoms with Crippen molar-refractivity contribution in [2.75, 3.05) is 12.8 Å². The summed E-state index contributed by atoms with van der Waals surface area (Å²) in [6.45, 7) is 0.324. The lowest BCUT2D eigenvalue weighted by Gasteiger charge is -2.16. The Balaban J connectivity index is 2.25. The fraction of sp³-hybridized carbons (Fsp3) is 0.167. The second-order valence-corrected chi connectivity index (χ2v) is 4.86. The van der Waals surface area contributed by atoms with Crippen LogP contribution in [0, 0.1) is 10.1 Å². The average Bonchev–Trinajstić information content (AvgIpc) is 2.90. The van der Waals surface area contributed by atoms with Crippen molar-refractivity contribution in [2.24, 2.45) is 0 Å². The van der Waals surface area contributed by atoms with Crippen LogP contribution >= 0.6 is 11.3 Å². The number of hydrogen-bond acceptors (Lipinski definition) is 6. The Bertz CT molecular complexity index is 642. The van der Waals surface area contributed by atoms with Gasteiger partial charge in [-0.1, -0.05) is 6.07 Å². The molecule has 1 amide bonds. The zero-order chi connectivity index (χ0) is 14.7. The highest BCUT2D eigenvalue weighted by Crippen LogP contribution is 2.25. The van der Waals surface area contributed by atoms with Crippen LogP contribution in [-0.2, 0) is 6.54 Å². The van der Waals surface area contributed by atoms with Crippen molar-refractivity contribution in [3.63, 3.8) is 0 Å².